The highest BCUT2D eigenvalue weighted by Gasteiger charge is 2.38. The molecule has 1 N–H and O–H groups in total. The Morgan fingerprint density at radius 1 is 0.963 bits per heavy atom. The summed E-state index contributed by atoms with van der Waals surface area (Å²) in [6.45, 7) is 8.03. The Balaban J connectivity index is 2.00. The minimum Gasteiger partial charge on any atom is -0.491 e. The Hall–Kier alpha value is -3.08. The van der Waals surface area contributed by atoms with Gasteiger partial charge in [-0.1, -0.05) is 29.8 Å². The van der Waals surface area contributed by atoms with Gasteiger partial charge < -0.3 is 10.1 Å². The average molecular weight is 364 g/mol. The normalized spacial score (nSPS) is 14.3. The Labute approximate surface area is 159 Å². The molecule has 0 atom stereocenters. The van der Waals surface area contributed by atoms with Crippen LogP contribution < -0.4 is 10.1 Å². The van der Waals surface area contributed by atoms with Crippen LogP contribution in [0.25, 0.3) is 5.57 Å². The first-order valence-electron chi connectivity index (χ1n) is 9.12. The van der Waals surface area contributed by atoms with E-state index in [-0.39, 0.29) is 17.9 Å². The van der Waals surface area contributed by atoms with Crippen molar-refractivity contribution in [2.24, 2.45) is 0 Å². The number of likely N-dealkylation sites (N-methyl/N-ethyl adjacent to an activating group) is 1. The third-order valence-electron chi connectivity index (χ3n) is 4.32. The highest BCUT2D eigenvalue weighted by Crippen LogP contribution is 2.31. The van der Waals surface area contributed by atoms with E-state index in [2.05, 4.69) is 5.32 Å². The second kappa shape index (κ2) is 7.66. The lowest BCUT2D eigenvalue weighted by atomic mass is 10.0. The maximum Gasteiger partial charge on any atom is 0.278 e. The number of anilines is 1. The number of aryl methyl sites for hydroxylation is 1. The van der Waals surface area contributed by atoms with E-state index in [1.807, 2.05) is 69.3 Å². The van der Waals surface area contributed by atoms with Crippen molar-refractivity contribution >= 4 is 23.1 Å². The number of amides is 2. The smallest absolute Gasteiger partial charge is 0.278 e. The lowest BCUT2D eigenvalue weighted by Gasteiger charge is -2.12. The summed E-state index contributed by atoms with van der Waals surface area (Å²) in [6.07, 6.45) is 0.0686. The van der Waals surface area contributed by atoms with Crippen LogP contribution in [0.15, 0.2) is 54.2 Å². The number of rotatable bonds is 6. The molecule has 2 aromatic rings. The van der Waals surface area contributed by atoms with Gasteiger partial charge in [0.25, 0.3) is 11.8 Å². The average Bonchev–Trinajstić information content (AvgIpc) is 2.87. The number of ether oxygens (including phenoxy) is 1. The molecule has 0 spiro atoms. The molecule has 0 fully saturated rings. The van der Waals surface area contributed by atoms with E-state index in [0.29, 0.717) is 23.4 Å². The molecule has 0 radical (unpaired) electrons. The molecule has 27 heavy (non-hydrogen) atoms. The number of hydrogen-bond acceptors (Lipinski definition) is 4. The minimum absolute atomic E-state index is 0.0686. The van der Waals surface area contributed by atoms with Crippen LogP contribution in [0.4, 0.5) is 5.69 Å². The summed E-state index contributed by atoms with van der Waals surface area (Å²) in [5.74, 6) is 0.140. The van der Waals surface area contributed by atoms with Crippen molar-refractivity contribution in [3.05, 3.63) is 65.4 Å². The first-order chi connectivity index (χ1) is 12.9. The summed E-state index contributed by atoms with van der Waals surface area (Å²) in [6, 6.07) is 15.0. The van der Waals surface area contributed by atoms with Crippen molar-refractivity contribution in [3.63, 3.8) is 0 Å². The van der Waals surface area contributed by atoms with Gasteiger partial charge in [0.1, 0.15) is 11.4 Å². The van der Waals surface area contributed by atoms with E-state index in [1.165, 1.54) is 4.90 Å². The molecule has 0 bridgehead atoms. The Kier molecular flexibility index (Phi) is 5.31. The molecule has 2 aromatic carbocycles. The third kappa shape index (κ3) is 3.87. The Morgan fingerprint density at radius 3 is 2.15 bits per heavy atom. The molecule has 2 amide bonds. The number of carbonyl (C=O) groups is 2. The van der Waals surface area contributed by atoms with Gasteiger partial charge in [0.05, 0.1) is 11.7 Å². The van der Waals surface area contributed by atoms with Crippen LogP contribution in [-0.2, 0) is 9.59 Å². The van der Waals surface area contributed by atoms with Gasteiger partial charge in [-0.2, -0.15) is 0 Å². The van der Waals surface area contributed by atoms with Crippen molar-refractivity contribution in [3.8, 4) is 5.75 Å². The van der Waals surface area contributed by atoms with Gasteiger partial charge in [0.15, 0.2) is 0 Å². The zero-order chi connectivity index (χ0) is 19.6. The van der Waals surface area contributed by atoms with Gasteiger partial charge in [0, 0.05) is 12.2 Å². The van der Waals surface area contributed by atoms with E-state index in [4.69, 9.17) is 4.74 Å². The molecular weight excluding hydrogens is 340 g/mol. The van der Waals surface area contributed by atoms with Crippen molar-refractivity contribution < 1.29 is 14.3 Å². The number of imide groups is 1. The van der Waals surface area contributed by atoms with Crippen LogP contribution in [-0.4, -0.2) is 29.4 Å². The number of hydrogen-bond donors (Lipinski definition) is 1. The molecule has 0 saturated carbocycles. The minimum atomic E-state index is -0.305. The number of nitrogens with zero attached hydrogens (tertiary/aromatic N) is 1. The molecule has 5 heteroatoms. The summed E-state index contributed by atoms with van der Waals surface area (Å²) in [4.78, 5) is 26.9. The maximum atomic E-state index is 12.8. The largest absolute Gasteiger partial charge is 0.491 e. The summed E-state index contributed by atoms with van der Waals surface area (Å²) in [7, 11) is 0. The van der Waals surface area contributed by atoms with Crippen molar-refractivity contribution in [2.45, 2.75) is 33.8 Å². The van der Waals surface area contributed by atoms with Crippen LogP contribution in [0.2, 0.25) is 0 Å². The van der Waals surface area contributed by atoms with E-state index in [0.717, 1.165) is 17.0 Å². The quantitative estimate of drug-likeness (QED) is 0.787. The fourth-order valence-electron chi connectivity index (χ4n) is 3.00. The topological polar surface area (TPSA) is 58.6 Å². The Bertz CT molecular complexity index is 881. The van der Waals surface area contributed by atoms with Gasteiger partial charge >= 0.3 is 0 Å². The van der Waals surface area contributed by atoms with E-state index < -0.39 is 0 Å². The number of benzene rings is 2. The summed E-state index contributed by atoms with van der Waals surface area (Å²) in [5.41, 5.74) is 3.28. The lowest BCUT2D eigenvalue weighted by Crippen LogP contribution is -2.32. The van der Waals surface area contributed by atoms with Gasteiger partial charge in [-0.25, -0.2) is 0 Å². The van der Waals surface area contributed by atoms with Crippen molar-refractivity contribution in [2.75, 3.05) is 11.9 Å². The summed E-state index contributed by atoms with van der Waals surface area (Å²) in [5, 5.41) is 3.14. The van der Waals surface area contributed by atoms with Gasteiger partial charge in [0.2, 0.25) is 0 Å². The molecule has 0 aliphatic carbocycles. The molecule has 0 saturated heterocycles. The fourth-order valence-corrected chi connectivity index (χ4v) is 3.00. The van der Waals surface area contributed by atoms with Crippen LogP contribution in [0.1, 0.15) is 31.9 Å². The van der Waals surface area contributed by atoms with Crippen molar-refractivity contribution in [1.29, 1.82) is 0 Å². The first-order valence-corrected chi connectivity index (χ1v) is 9.12. The monoisotopic (exact) mass is 364 g/mol. The highest BCUT2D eigenvalue weighted by molar-refractivity contribution is 6.36. The second-order valence-corrected chi connectivity index (χ2v) is 6.79. The number of carbonyl (C=O) groups excluding carboxylic acids is 2. The molecule has 1 aliphatic rings. The molecule has 5 nitrogen and oxygen atoms in total. The molecule has 1 aliphatic heterocycles. The lowest BCUT2D eigenvalue weighted by molar-refractivity contribution is -0.136. The van der Waals surface area contributed by atoms with E-state index >= 15 is 0 Å². The van der Waals surface area contributed by atoms with Gasteiger partial charge in [-0.05, 0) is 57.5 Å². The predicted octanol–water partition coefficient (Wildman–Crippen LogP) is 3.99. The van der Waals surface area contributed by atoms with Gasteiger partial charge in [-0.15, -0.1) is 0 Å². The molecule has 140 valence electrons. The van der Waals surface area contributed by atoms with Crippen molar-refractivity contribution in [1.82, 2.24) is 4.90 Å². The molecule has 3 rings (SSSR count). The molecule has 0 aromatic heterocycles. The zero-order valence-corrected chi connectivity index (χ0v) is 16.1. The van der Waals surface area contributed by atoms with Crippen LogP contribution >= 0.6 is 0 Å². The van der Waals surface area contributed by atoms with E-state index in [9.17, 15) is 9.59 Å². The van der Waals surface area contributed by atoms with E-state index in [1.54, 1.807) is 6.92 Å². The highest BCUT2D eigenvalue weighted by atomic mass is 16.5. The molecule has 0 unspecified atom stereocenters. The van der Waals surface area contributed by atoms with Crippen LogP contribution in [0, 0.1) is 6.92 Å². The summed E-state index contributed by atoms with van der Waals surface area (Å²) >= 11 is 0. The first kappa shape index (κ1) is 18.7. The Morgan fingerprint density at radius 2 is 1.59 bits per heavy atom. The molecule has 1 heterocycles. The summed E-state index contributed by atoms with van der Waals surface area (Å²) < 4.78 is 5.66. The van der Waals surface area contributed by atoms with Crippen LogP contribution in [0.5, 0.6) is 5.75 Å². The second-order valence-electron chi connectivity index (χ2n) is 6.79. The predicted molar refractivity (Wildman–Crippen MR) is 106 cm³/mol. The maximum absolute atomic E-state index is 12.8. The SMILES string of the molecule is CCN1C(=O)C(Nc2ccc(C)cc2)=C(c2ccc(OC(C)C)cc2)C1=O. The standard InChI is InChI=1S/C22H24N2O3/c1-5-24-21(25)19(16-8-12-18(13-9-16)27-14(2)3)20(22(24)26)23-17-10-6-15(4)7-11-17/h6-14,23H,5H2,1-4H3. The fraction of sp³-hybridized carbons (Fsp3) is 0.273. The van der Waals surface area contributed by atoms with Crippen LogP contribution in [0.3, 0.4) is 0 Å². The van der Waals surface area contributed by atoms with Gasteiger partial charge in [-0.3, -0.25) is 14.5 Å². The third-order valence-corrected chi connectivity index (χ3v) is 4.32. The molecular formula is C22H24N2O3. The zero-order valence-electron chi connectivity index (χ0n) is 16.1. The number of nitrogens with one attached hydrogen (secondary N) is 1.